The molecule has 2 aliphatic rings. The molecule has 0 saturated carbocycles. The summed E-state index contributed by atoms with van der Waals surface area (Å²) in [5.41, 5.74) is -0.577. The molecule has 2 aromatic carbocycles. The highest BCUT2D eigenvalue weighted by atomic mass is 32.1. The van der Waals surface area contributed by atoms with Gasteiger partial charge in [0.25, 0.3) is 11.8 Å². The van der Waals surface area contributed by atoms with E-state index < -0.39 is 41.4 Å². The van der Waals surface area contributed by atoms with Gasteiger partial charge in [0.1, 0.15) is 5.82 Å². The summed E-state index contributed by atoms with van der Waals surface area (Å²) in [6.45, 7) is 2.17. The first-order valence-electron chi connectivity index (χ1n) is 14.9. The lowest BCUT2D eigenvalue weighted by Crippen LogP contribution is -2.26. The van der Waals surface area contributed by atoms with Crippen LogP contribution in [-0.4, -0.2) is 47.4 Å². The average Bonchev–Trinajstić information content (AvgIpc) is 3.78. The van der Waals surface area contributed by atoms with Crippen molar-refractivity contribution in [3.05, 3.63) is 110 Å². The van der Waals surface area contributed by atoms with E-state index in [1.807, 2.05) is 17.5 Å². The van der Waals surface area contributed by atoms with Crippen LogP contribution in [0.25, 0.3) is 11.1 Å². The van der Waals surface area contributed by atoms with Gasteiger partial charge in [0.05, 0.1) is 40.7 Å². The van der Waals surface area contributed by atoms with E-state index in [2.05, 4.69) is 5.32 Å². The van der Waals surface area contributed by atoms with Gasteiger partial charge in [-0.25, -0.2) is 9.18 Å². The second-order valence-electron chi connectivity index (χ2n) is 11.1. The topological polar surface area (TPSA) is 88.6 Å². The first-order valence-corrected chi connectivity index (χ1v) is 15.8. The smallest absolute Gasteiger partial charge is 0.416 e. The van der Waals surface area contributed by atoms with Crippen molar-refractivity contribution in [2.75, 3.05) is 19.7 Å². The van der Waals surface area contributed by atoms with E-state index in [-0.39, 0.29) is 53.1 Å². The number of carbonyl (C=O) groups excluding carboxylic acids is 3. The Labute approximate surface area is 266 Å². The molecule has 6 rings (SSSR count). The van der Waals surface area contributed by atoms with Crippen molar-refractivity contribution in [1.82, 2.24) is 15.2 Å². The Morgan fingerprint density at radius 3 is 2.59 bits per heavy atom. The molecular formula is C34H29F4N3O4S. The number of hydrogen-bond acceptors (Lipinski definition) is 6. The Morgan fingerprint density at radius 1 is 1.11 bits per heavy atom. The van der Waals surface area contributed by atoms with Crippen LogP contribution in [0.1, 0.15) is 84.3 Å². The molecule has 0 aliphatic carbocycles. The number of benzene rings is 2. The van der Waals surface area contributed by atoms with Crippen LogP contribution in [0.5, 0.6) is 0 Å². The van der Waals surface area contributed by atoms with Gasteiger partial charge in [-0.05, 0) is 79.1 Å². The number of amides is 2. The molecule has 46 heavy (non-hydrogen) atoms. The van der Waals surface area contributed by atoms with Crippen LogP contribution in [0, 0.1) is 5.82 Å². The second-order valence-corrected chi connectivity index (χ2v) is 12.2. The fourth-order valence-corrected chi connectivity index (χ4v) is 6.82. The predicted molar refractivity (Wildman–Crippen MR) is 163 cm³/mol. The molecular weight excluding hydrogens is 622 g/mol. The Bertz CT molecular complexity index is 1810. The molecule has 0 bridgehead atoms. The van der Waals surface area contributed by atoms with Gasteiger partial charge in [-0.2, -0.15) is 13.2 Å². The van der Waals surface area contributed by atoms with E-state index in [1.54, 1.807) is 11.8 Å². The summed E-state index contributed by atoms with van der Waals surface area (Å²) in [7, 11) is 0. The van der Waals surface area contributed by atoms with Crippen LogP contribution in [0.3, 0.4) is 0 Å². The zero-order valence-corrected chi connectivity index (χ0v) is 25.6. The zero-order chi connectivity index (χ0) is 32.6. The summed E-state index contributed by atoms with van der Waals surface area (Å²) in [5, 5.41) is 4.57. The van der Waals surface area contributed by atoms with E-state index in [0.29, 0.717) is 30.6 Å². The van der Waals surface area contributed by atoms with Crippen LogP contribution in [0.4, 0.5) is 17.6 Å². The molecule has 2 amide bonds. The zero-order valence-electron chi connectivity index (χ0n) is 24.7. The number of pyridine rings is 1. The number of halogens is 4. The third-order valence-electron chi connectivity index (χ3n) is 8.16. The summed E-state index contributed by atoms with van der Waals surface area (Å²) in [4.78, 5) is 48.2. The number of thiophene rings is 1. The van der Waals surface area contributed by atoms with E-state index in [0.717, 1.165) is 23.4 Å². The Morgan fingerprint density at radius 2 is 1.89 bits per heavy atom. The number of fused-ring (bicyclic) bond motifs is 3. The molecule has 1 fully saturated rings. The minimum atomic E-state index is -4.84. The van der Waals surface area contributed by atoms with Crippen molar-refractivity contribution < 1.29 is 36.7 Å². The summed E-state index contributed by atoms with van der Waals surface area (Å²) in [6.07, 6.45) is -3.01. The summed E-state index contributed by atoms with van der Waals surface area (Å²) in [6, 6.07) is 11.8. The molecule has 0 radical (unpaired) electrons. The highest BCUT2D eigenvalue weighted by molar-refractivity contribution is 7.09. The molecule has 2 aromatic heterocycles. The van der Waals surface area contributed by atoms with Crippen LogP contribution in [0.2, 0.25) is 0 Å². The Kier molecular flexibility index (Phi) is 8.65. The number of hydrogen-bond donors (Lipinski definition) is 1. The van der Waals surface area contributed by atoms with E-state index in [1.165, 1.54) is 41.7 Å². The number of ether oxygens (including phenoxy) is 1. The third kappa shape index (κ3) is 6.13. The van der Waals surface area contributed by atoms with Crippen molar-refractivity contribution in [3.8, 4) is 11.1 Å². The maximum absolute atomic E-state index is 14.3. The number of alkyl halides is 3. The minimum Gasteiger partial charge on any atom is -0.462 e. The van der Waals surface area contributed by atoms with Crippen molar-refractivity contribution in [2.45, 2.75) is 44.8 Å². The quantitative estimate of drug-likeness (QED) is 0.156. The van der Waals surface area contributed by atoms with Gasteiger partial charge in [0.2, 0.25) is 0 Å². The van der Waals surface area contributed by atoms with Gasteiger partial charge in [-0.15, -0.1) is 11.3 Å². The molecule has 1 saturated heterocycles. The lowest BCUT2D eigenvalue weighted by Gasteiger charge is -2.20. The number of nitrogens with zero attached hydrogens (tertiary/aromatic N) is 2. The Balaban J connectivity index is 1.55. The van der Waals surface area contributed by atoms with E-state index in [9.17, 15) is 31.9 Å². The molecule has 2 aliphatic heterocycles. The number of carbonyl (C=O) groups is 3. The lowest BCUT2D eigenvalue weighted by atomic mass is 9.88. The van der Waals surface area contributed by atoms with Crippen molar-refractivity contribution in [1.29, 1.82) is 0 Å². The van der Waals surface area contributed by atoms with Crippen LogP contribution in [0.15, 0.2) is 60.0 Å². The monoisotopic (exact) mass is 651 g/mol. The molecule has 12 heteroatoms. The van der Waals surface area contributed by atoms with Gasteiger partial charge >= 0.3 is 12.1 Å². The van der Waals surface area contributed by atoms with E-state index in [4.69, 9.17) is 9.72 Å². The van der Waals surface area contributed by atoms with Crippen LogP contribution >= 0.6 is 11.3 Å². The largest absolute Gasteiger partial charge is 0.462 e. The normalized spacial score (nSPS) is 15.5. The van der Waals surface area contributed by atoms with Gasteiger partial charge in [-0.3, -0.25) is 14.6 Å². The molecule has 4 heterocycles. The van der Waals surface area contributed by atoms with Gasteiger partial charge < -0.3 is 15.0 Å². The molecule has 0 unspecified atom stereocenters. The van der Waals surface area contributed by atoms with E-state index >= 15 is 0 Å². The number of esters is 1. The molecule has 7 nitrogen and oxygen atoms in total. The van der Waals surface area contributed by atoms with Gasteiger partial charge in [0.15, 0.2) is 0 Å². The number of rotatable bonds is 9. The van der Waals surface area contributed by atoms with Crippen molar-refractivity contribution >= 4 is 29.1 Å². The standard InChI is InChI=1S/C34H29F4N3O4S/c1-2-45-33(44)28-25(15-19-7-9-23(35)10-8-19)40-30-26-6-3-13-41(26)32(43)29(30)27(28)20-16-21(18-22(17-20)34(36,37)38)31(42)39-12-11-24-5-4-14-46-24/h4-5,7-10,14,16-18,26H,2-3,6,11-13,15H2,1H3,(H,39,42)/t26-/m0/s1. The Hall–Kier alpha value is -4.58. The summed E-state index contributed by atoms with van der Waals surface area (Å²) in [5.74, 6) is -2.51. The van der Waals surface area contributed by atoms with Crippen molar-refractivity contribution in [3.63, 3.8) is 0 Å². The minimum absolute atomic E-state index is 0.0185. The summed E-state index contributed by atoms with van der Waals surface area (Å²) >= 11 is 1.50. The van der Waals surface area contributed by atoms with Crippen LogP contribution in [-0.2, 0) is 23.8 Å². The fourth-order valence-electron chi connectivity index (χ4n) is 6.11. The van der Waals surface area contributed by atoms with Gasteiger partial charge in [0, 0.05) is 35.5 Å². The lowest BCUT2D eigenvalue weighted by molar-refractivity contribution is -0.137. The highest BCUT2D eigenvalue weighted by Gasteiger charge is 2.45. The molecule has 1 N–H and O–H groups in total. The van der Waals surface area contributed by atoms with Gasteiger partial charge in [-0.1, -0.05) is 18.2 Å². The number of nitrogens with one attached hydrogen (secondary N) is 1. The molecule has 238 valence electrons. The maximum atomic E-state index is 14.3. The molecule has 4 aromatic rings. The first-order chi connectivity index (χ1) is 22.0. The molecule has 1 atom stereocenters. The maximum Gasteiger partial charge on any atom is 0.416 e. The van der Waals surface area contributed by atoms with Crippen molar-refractivity contribution in [2.24, 2.45) is 0 Å². The fraction of sp³-hybridized carbons (Fsp3) is 0.294. The second kappa shape index (κ2) is 12.7. The highest BCUT2D eigenvalue weighted by Crippen LogP contribution is 2.46. The SMILES string of the molecule is CCOC(=O)c1c(Cc2ccc(F)cc2)nc2c(c1-c1cc(C(=O)NCCc3cccs3)cc(C(F)(F)F)c1)C(=O)N1CCC[C@@H]21. The number of aromatic nitrogens is 1. The summed E-state index contributed by atoms with van der Waals surface area (Å²) < 4.78 is 62.1. The first kappa shape index (κ1) is 31.4. The predicted octanol–water partition coefficient (Wildman–Crippen LogP) is 7.00. The third-order valence-corrected chi connectivity index (χ3v) is 9.09. The molecule has 0 spiro atoms. The average molecular weight is 652 g/mol. The van der Waals surface area contributed by atoms with Crippen LogP contribution < -0.4 is 5.32 Å².